The Morgan fingerprint density at radius 3 is 0.789 bits per heavy atom. The van der Waals surface area contributed by atoms with E-state index >= 15 is 0 Å². The molecule has 0 spiro atoms. The molecule has 0 atom stereocenters. The summed E-state index contributed by atoms with van der Waals surface area (Å²) in [7, 11) is 4.64. The van der Waals surface area contributed by atoms with Crippen LogP contribution in [-0.4, -0.2) is 151 Å². The number of hydrogen-bond donors (Lipinski definition) is 8. The van der Waals surface area contributed by atoms with Crippen LogP contribution in [0.25, 0.3) is 65.4 Å². The monoisotopic (exact) mass is 1960 g/mol. The third kappa shape index (κ3) is 15.4. The predicted octanol–water partition coefficient (Wildman–Crippen LogP) is 19.6. The fourth-order valence-corrected chi connectivity index (χ4v) is 22.9. The number of fused-ring (bicyclic) bond motifs is 18. The first kappa shape index (κ1) is 91.6. The third-order valence-electron chi connectivity index (χ3n) is 29.9. The molecule has 25 rings (SSSR count). The van der Waals surface area contributed by atoms with E-state index in [2.05, 4.69) is 89.1 Å². The van der Waals surface area contributed by atoms with Gasteiger partial charge in [-0.05, 0) is 239 Å². The molecular weight excluding hydrogens is 1870 g/mol. The summed E-state index contributed by atoms with van der Waals surface area (Å²) < 4.78 is 76.9. The van der Waals surface area contributed by atoms with E-state index in [0.29, 0.717) is 123 Å². The molecule has 0 saturated heterocycles. The van der Waals surface area contributed by atoms with Gasteiger partial charge in [-0.2, -0.15) is 8.78 Å². The molecule has 0 saturated carbocycles. The van der Waals surface area contributed by atoms with Crippen molar-refractivity contribution in [1.82, 2.24) is 40.5 Å². The molecule has 19 aromatic rings. The van der Waals surface area contributed by atoms with E-state index < -0.39 is 52.0 Å². The second-order valence-electron chi connectivity index (χ2n) is 37.5. The molecule has 0 aliphatic carbocycles. The van der Waals surface area contributed by atoms with Crippen molar-refractivity contribution in [3.05, 3.63) is 409 Å². The number of anilines is 6. The van der Waals surface area contributed by atoms with Crippen molar-refractivity contribution in [1.29, 1.82) is 0 Å². The molecule has 730 valence electrons. The Hall–Kier alpha value is -17.9. The van der Waals surface area contributed by atoms with Gasteiger partial charge in [0, 0.05) is 145 Å². The molecule has 8 N–H and O–H groups in total. The first-order chi connectivity index (χ1) is 71.6. The molecule has 6 amide bonds. The van der Waals surface area contributed by atoms with E-state index in [9.17, 15) is 55.9 Å². The number of methoxy groups -OCH3 is 3. The molecule has 26 nitrogen and oxygen atoms in total. The number of benzene rings is 13. The van der Waals surface area contributed by atoms with Crippen LogP contribution in [0.2, 0.25) is 0 Å². The van der Waals surface area contributed by atoms with Gasteiger partial charge in [0.15, 0.2) is 11.6 Å². The van der Waals surface area contributed by atoms with E-state index in [-0.39, 0.29) is 60.3 Å². The number of amides is 6. The quantitative estimate of drug-likeness (QED) is 0.0109. The van der Waals surface area contributed by atoms with Crippen molar-refractivity contribution in [3.8, 4) is 17.2 Å². The van der Waals surface area contributed by atoms with E-state index in [1.807, 2.05) is 215 Å². The summed E-state index contributed by atoms with van der Waals surface area (Å²) in [6.07, 6.45) is 3.52. The third-order valence-corrected chi connectivity index (χ3v) is 29.9. The van der Waals surface area contributed by atoms with Crippen LogP contribution in [0.3, 0.4) is 0 Å². The topological polar surface area (TPSA) is 312 Å². The summed E-state index contributed by atoms with van der Waals surface area (Å²) in [5.74, 6) is -9.81. The Morgan fingerprint density at radius 2 is 0.524 bits per heavy atom. The number of esters is 2. The van der Waals surface area contributed by atoms with E-state index in [1.165, 1.54) is 13.2 Å². The van der Waals surface area contributed by atoms with Crippen molar-refractivity contribution >= 4 is 147 Å². The second kappa shape index (κ2) is 36.5. The second-order valence-corrected chi connectivity index (χ2v) is 37.5. The maximum atomic E-state index is 14.5. The lowest BCUT2D eigenvalue weighted by Crippen LogP contribution is -2.49. The molecule has 147 heavy (non-hydrogen) atoms. The maximum Gasteiger partial charge on any atom is 0.360 e. The number of carbonyl (C=O) groups is 8. The number of nitrogens with zero attached hydrogens (tertiary/aromatic N) is 6. The van der Waals surface area contributed by atoms with Gasteiger partial charge in [0.1, 0.15) is 45.7 Å². The van der Waals surface area contributed by atoms with Crippen LogP contribution in [0.4, 0.5) is 51.7 Å². The fraction of sp³-hybridized carbons (Fsp3) is 0.162. The number of ether oxygens (including phenoxy) is 4. The molecule has 30 heteroatoms. The van der Waals surface area contributed by atoms with Gasteiger partial charge < -0.3 is 78.3 Å². The molecule has 0 radical (unpaired) electrons. The zero-order chi connectivity index (χ0) is 101. The van der Waals surface area contributed by atoms with Crippen molar-refractivity contribution in [2.45, 2.75) is 49.6 Å². The maximum absolute atomic E-state index is 14.5. The van der Waals surface area contributed by atoms with Crippen LogP contribution in [0, 0.1) is 23.3 Å². The number of hydrogen-bond acceptors (Lipinski definition) is 14. The van der Waals surface area contributed by atoms with Gasteiger partial charge in [0.05, 0.1) is 45.5 Å². The van der Waals surface area contributed by atoms with Crippen LogP contribution in [-0.2, 0) is 63.9 Å². The molecule has 12 heterocycles. The summed E-state index contributed by atoms with van der Waals surface area (Å²) >= 11 is 0. The summed E-state index contributed by atoms with van der Waals surface area (Å²) in [5, 5.41) is 12.4. The van der Waals surface area contributed by atoms with Crippen LogP contribution >= 0.6 is 0 Å². The lowest BCUT2D eigenvalue weighted by molar-refractivity contribution is -0.118. The highest BCUT2D eigenvalue weighted by molar-refractivity contribution is 6.17. The standard InChI is InChI=1S/C61H45F4N7O6.C56H47N7O6/c1-77-36-14-12-35(13-15-36)61(33-8-4-2-5-9-33,34-10-6-3-7-11-34)66-32-54(73)70-25-22-37-40-28-48(67-45(40)16-19-51(37)70)58(74)71-26-23-38-41-29-49(68-46(41)17-20-52(38)71)59(75)72-27-24-39-42-30-50(69-47(42)18-21-53(39)72)60(76)78-57-55(64)43(62)31-44(63)56(57)65;1-68-36-15-13-35(14-16-36)56(33-9-5-3-6-10-33,34-11-7-4-8-12-34)57-32-52(64)61-26-23-37-40-29-46(58-43(40)17-20-49(37)61)53(65)62-27-24-38-41-30-47(59-44(41)18-21-50(38)62)54(66)63-28-25-39-42-31-48(55(67)69-2)60-45(42)19-22-51(39)63/h2-21,28-31,66-69H,22-27,32H2,1H3;3-22,29-31,57-60H,23-28,32H2,1-2H3. The minimum Gasteiger partial charge on any atom is -0.497 e. The van der Waals surface area contributed by atoms with E-state index in [4.69, 9.17) is 18.9 Å². The normalized spacial score (nSPS) is 14.0. The molecule has 6 aromatic heterocycles. The molecular formula is C117H92F4N14O12. The summed E-state index contributed by atoms with van der Waals surface area (Å²) in [4.78, 5) is 141. The zero-order valence-electron chi connectivity index (χ0n) is 79.6. The van der Waals surface area contributed by atoms with E-state index in [1.54, 1.807) is 53.2 Å². The summed E-state index contributed by atoms with van der Waals surface area (Å²) in [6.45, 7) is 2.81. The highest BCUT2D eigenvalue weighted by Gasteiger charge is 2.43. The van der Waals surface area contributed by atoms with Gasteiger partial charge >= 0.3 is 11.9 Å². The number of H-pyrrole nitrogens is 6. The van der Waals surface area contributed by atoms with Crippen LogP contribution in [0.5, 0.6) is 17.2 Å². The zero-order valence-corrected chi connectivity index (χ0v) is 79.6. The van der Waals surface area contributed by atoms with Crippen molar-refractivity contribution in [2.24, 2.45) is 0 Å². The first-order valence-electron chi connectivity index (χ1n) is 48.5. The molecule has 0 unspecified atom stereocenters. The Kier molecular flexibility index (Phi) is 22.7. The van der Waals surface area contributed by atoms with Crippen LogP contribution in [0.15, 0.2) is 285 Å². The lowest BCUT2D eigenvalue weighted by atomic mass is 9.77. The molecule has 6 aliphatic heterocycles. The predicted molar refractivity (Wildman–Crippen MR) is 554 cm³/mol. The van der Waals surface area contributed by atoms with Gasteiger partial charge in [0.25, 0.3) is 23.6 Å². The van der Waals surface area contributed by atoms with E-state index in [0.717, 1.165) is 161 Å². The fourth-order valence-electron chi connectivity index (χ4n) is 22.9. The Labute approximate surface area is 836 Å². The number of carbonyl (C=O) groups excluding carboxylic acids is 8. The van der Waals surface area contributed by atoms with Crippen LogP contribution in [0.1, 0.15) is 130 Å². The van der Waals surface area contributed by atoms with Gasteiger partial charge in [-0.15, -0.1) is 0 Å². The highest BCUT2D eigenvalue weighted by atomic mass is 19.2. The van der Waals surface area contributed by atoms with Gasteiger partial charge in [-0.1, -0.05) is 146 Å². The minimum absolute atomic E-state index is 0.0182. The number of halogens is 4. The van der Waals surface area contributed by atoms with Crippen molar-refractivity contribution < 1.29 is 74.9 Å². The number of rotatable bonds is 21. The van der Waals surface area contributed by atoms with Crippen molar-refractivity contribution in [3.63, 3.8) is 0 Å². The van der Waals surface area contributed by atoms with Crippen LogP contribution < -0.4 is 54.2 Å². The van der Waals surface area contributed by atoms with Crippen molar-refractivity contribution in [2.75, 3.05) is 103 Å². The largest absolute Gasteiger partial charge is 0.497 e. The SMILES string of the molecule is COC(=O)c1cc2c3c(ccc2[nH]1)N(C(=O)c1cc2c4c(ccc2[nH]1)N(C(=O)c1cc2c5c(ccc2[nH]1)N(C(=O)CNC(c1ccccc1)(c1ccccc1)c1ccc(OC)cc1)CC5)CC4)CC3.COc1ccc(C(NCC(=O)N2CCc3c2ccc2[nH]c(C(=O)N4CCc5c4ccc4[nH]c(C(=O)N6CCc7c6ccc6[nH]c(C(=O)Oc8c(F)c(F)cc(F)c8F)cc76)cc54)cc32)(c2ccccc2)c2ccccc2)cc1. The smallest absolute Gasteiger partial charge is 0.360 e. The molecule has 13 aromatic carbocycles. The highest BCUT2D eigenvalue weighted by Crippen LogP contribution is 2.48. The number of nitrogens with one attached hydrogen (secondary N) is 8. The van der Waals surface area contributed by atoms with Gasteiger partial charge in [-0.3, -0.25) is 39.4 Å². The lowest BCUT2D eigenvalue weighted by Gasteiger charge is -2.37. The minimum atomic E-state index is -1.85. The Morgan fingerprint density at radius 1 is 0.286 bits per heavy atom. The molecule has 0 bridgehead atoms. The summed E-state index contributed by atoms with van der Waals surface area (Å²) in [5.41, 5.74) is 20.7. The molecule has 0 fully saturated rings. The Balaban J connectivity index is 0.000000158. The summed E-state index contributed by atoms with van der Waals surface area (Å²) in [6, 6.07) is 89.8. The average molecular weight is 1960 g/mol. The average Bonchev–Trinajstić information content (AvgIpc) is 1.75. The van der Waals surface area contributed by atoms with Gasteiger partial charge in [-0.25, -0.2) is 18.4 Å². The Bertz CT molecular complexity index is 8550. The molecule has 6 aliphatic rings. The first-order valence-corrected chi connectivity index (χ1v) is 48.5. The number of aromatic nitrogens is 6. The van der Waals surface area contributed by atoms with Gasteiger partial charge in [0.2, 0.25) is 29.2 Å². The number of aromatic amines is 6.